The molecule has 146 valence electrons. The van der Waals surface area contributed by atoms with Gasteiger partial charge in [0, 0.05) is 10.6 Å². The molecule has 0 saturated carbocycles. The Bertz CT molecular complexity index is 764. The summed E-state index contributed by atoms with van der Waals surface area (Å²) in [4.78, 5) is 0. The van der Waals surface area contributed by atoms with Crippen molar-refractivity contribution in [2.45, 2.75) is 37.4 Å². The van der Waals surface area contributed by atoms with Gasteiger partial charge in [0.2, 0.25) is 0 Å². The summed E-state index contributed by atoms with van der Waals surface area (Å²) >= 11 is 6.35. The number of hydrogen-bond acceptors (Lipinski definition) is 6. The van der Waals surface area contributed by atoms with Gasteiger partial charge in [-0.1, -0.05) is 29.8 Å². The summed E-state index contributed by atoms with van der Waals surface area (Å²) in [5.74, 6) is 0.752. The topological polar surface area (TPSA) is 99.4 Å². The van der Waals surface area contributed by atoms with Crippen molar-refractivity contribution in [2.24, 2.45) is 0 Å². The zero-order chi connectivity index (χ0) is 19.6. The Labute approximate surface area is 162 Å². The molecule has 1 fully saturated rings. The molecule has 3 rings (SSSR count). The minimum atomic E-state index is -1.43. The predicted molar refractivity (Wildman–Crippen MR) is 101 cm³/mol. The van der Waals surface area contributed by atoms with Crippen molar-refractivity contribution in [3.8, 4) is 16.9 Å². The molecule has 0 spiro atoms. The van der Waals surface area contributed by atoms with E-state index in [0.717, 1.165) is 16.9 Å². The fourth-order valence-electron chi connectivity index (χ4n) is 3.22. The summed E-state index contributed by atoms with van der Waals surface area (Å²) in [5.41, 5.74) is 2.17. The third-order valence-corrected chi connectivity index (χ3v) is 5.02. The lowest BCUT2D eigenvalue weighted by atomic mass is 9.90. The molecule has 4 N–H and O–H groups in total. The zero-order valence-corrected chi connectivity index (χ0v) is 15.6. The third-order valence-electron chi connectivity index (χ3n) is 4.69. The fourth-order valence-corrected chi connectivity index (χ4v) is 3.44. The SMILES string of the molecule is CCOc1ccc(-c2cc([C@@H]3O[C@H](CO)C(O)[C@H](O)[C@H]3O)ccc2Cl)cc1. The maximum Gasteiger partial charge on any atom is 0.119 e. The highest BCUT2D eigenvalue weighted by atomic mass is 35.5. The van der Waals surface area contributed by atoms with Crippen molar-refractivity contribution in [1.29, 1.82) is 0 Å². The van der Waals surface area contributed by atoms with Gasteiger partial charge in [0.15, 0.2) is 0 Å². The van der Waals surface area contributed by atoms with Gasteiger partial charge in [-0.3, -0.25) is 0 Å². The number of rotatable bonds is 5. The summed E-state index contributed by atoms with van der Waals surface area (Å²) in [5, 5.41) is 40.2. The first-order valence-electron chi connectivity index (χ1n) is 8.79. The molecule has 2 aromatic carbocycles. The number of ether oxygens (including phenoxy) is 2. The first-order valence-corrected chi connectivity index (χ1v) is 9.17. The molecule has 7 heteroatoms. The maximum absolute atomic E-state index is 10.3. The second-order valence-electron chi connectivity index (χ2n) is 6.45. The van der Waals surface area contributed by atoms with Gasteiger partial charge in [0.1, 0.15) is 36.3 Å². The summed E-state index contributed by atoms with van der Waals surface area (Å²) < 4.78 is 11.1. The highest BCUT2D eigenvalue weighted by Gasteiger charge is 2.44. The Morgan fingerprint density at radius 3 is 2.33 bits per heavy atom. The van der Waals surface area contributed by atoms with Crippen molar-refractivity contribution in [3.05, 3.63) is 53.1 Å². The Morgan fingerprint density at radius 1 is 1.00 bits per heavy atom. The van der Waals surface area contributed by atoms with Crippen LogP contribution in [0.3, 0.4) is 0 Å². The standard InChI is InChI=1S/C20H23ClO6/c1-2-26-13-6-3-11(4-7-13)14-9-12(5-8-15(14)21)20-19(25)18(24)17(23)16(10-22)27-20/h3-9,16-20,22-25H,2,10H2,1H3/t16-,17?,18+,19-,20+/m1/s1. The van der Waals surface area contributed by atoms with Crippen molar-refractivity contribution in [2.75, 3.05) is 13.2 Å². The molecule has 1 heterocycles. The van der Waals surface area contributed by atoms with Crippen LogP contribution in [0.2, 0.25) is 5.02 Å². The molecule has 5 atom stereocenters. The Balaban J connectivity index is 1.92. The van der Waals surface area contributed by atoms with Crippen LogP contribution in [0.15, 0.2) is 42.5 Å². The van der Waals surface area contributed by atoms with Crippen molar-refractivity contribution in [1.82, 2.24) is 0 Å². The Kier molecular flexibility index (Phi) is 6.37. The van der Waals surface area contributed by atoms with Crippen LogP contribution in [0, 0.1) is 0 Å². The third kappa shape index (κ3) is 4.11. The van der Waals surface area contributed by atoms with Crippen LogP contribution in [-0.4, -0.2) is 58.1 Å². The first-order chi connectivity index (χ1) is 13.0. The van der Waals surface area contributed by atoms with Crippen LogP contribution in [-0.2, 0) is 4.74 Å². The molecule has 0 bridgehead atoms. The van der Waals surface area contributed by atoms with Crippen LogP contribution in [0.4, 0.5) is 0 Å². The lowest BCUT2D eigenvalue weighted by molar-refractivity contribution is -0.231. The highest BCUT2D eigenvalue weighted by Crippen LogP contribution is 2.37. The summed E-state index contributed by atoms with van der Waals surface area (Å²) in [6, 6.07) is 12.6. The Hall–Kier alpha value is -1.67. The van der Waals surface area contributed by atoms with Gasteiger partial charge in [-0.25, -0.2) is 0 Å². The van der Waals surface area contributed by atoms with E-state index < -0.39 is 37.1 Å². The normalized spacial score (nSPS) is 28.1. The quantitative estimate of drug-likeness (QED) is 0.618. The molecular formula is C20H23ClO6. The molecule has 0 amide bonds. The number of benzene rings is 2. The number of aliphatic hydroxyl groups is 4. The number of aliphatic hydroxyl groups excluding tert-OH is 4. The molecule has 0 aliphatic carbocycles. The molecule has 27 heavy (non-hydrogen) atoms. The van der Waals surface area contributed by atoms with Gasteiger partial charge in [0.05, 0.1) is 13.2 Å². The molecule has 1 saturated heterocycles. The molecule has 1 aliphatic heterocycles. The second kappa shape index (κ2) is 8.56. The largest absolute Gasteiger partial charge is 0.494 e. The van der Waals surface area contributed by atoms with E-state index in [9.17, 15) is 20.4 Å². The monoisotopic (exact) mass is 394 g/mol. The van der Waals surface area contributed by atoms with E-state index in [0.29, 0.717) is 17.2 Å². The van der Waals surface area contributed by atoms with Crippen LogP contribution < -0.4 is 4.74 Å². The van der Waals surface area contributed by atoms with E-state index in [-0.39, 0.29) is 0 Å². The fraction of sp³-hybridized carbons (Fsp3) is 0.400. The van der Waals surface area contributed by atoms with Gasteiger partial charge < -0.3 is 29.9 Å². The molecule has 0 radical (unpaired) electrons. The molecular weight excluding hydrogens is 372 g/mol. The van der Waals surface area contributed by atoms with Crippen LogP contribution >= 0.6 is 11.6 Å². The highest BCUT2D eigenvalue weighted by molar-refractivity contribution is 6.33. The van der Waals surface area contributed by atoms with Gasteiger partial charge in [0.25, 0.3) is 0 Å². The maximum atomic E-state index is 10.3. The Morgan fingerprint density at radius 2 is 1.70 bits per heavy atom. The van der Waals surface area contributed by atoms with Crippen LogP contribution in [0.25, 0.3) is 11.1 Å². The van der Waals surface area contributed by atoms with Crippen LogP contribution in [0.5, 0.6) is 5.75 Å². The minimum Gasteiger partial charge on any atom is -0.494 e. The van der Waals surface area contributed by atoms with Crippen molar-refractivity contribution < 1.29 is 29.9 Å². The van der Waals surface area contributed by atoms with Gasteiger partial charge in [-0.05, 0) is 42.3 Å². The number of hydrogen-bond donors (Lipinski definition) is 4. The van der Waals surface area contributed by atoms with E-state index in [1.807, 2.05) is 31.2 Å². The molecule has 0 aromatic heterocycles. The summed E-state index contributed by atoms with van der Waals surface area (Å²) in [6.45, 7) is 2.02. The molecule has 1 aliphatic rings. The molecule has 6 nitrogen and oxygen atoms in total. The minimum absolute atomic E-state index is 0.471. The van der Waals surface area contributed by atoms with Gasteiger partial charge in [-0.15, -0.1) is 0 Å². The average Bonchev–Trinajstić information content (AvgIpc) is 2.68. The van der Waals surface area contributed by atoms with Gasteiger partial charge >= 0.3 is 0 Å². The lowest BCUT2D eigenvalue weighted by Gasteiger charge is -2.40. The van der Waals surface area contributed by atoms with E-state index in [1.54, 1.807) is 18.2 Å². The van der Waals surface area contributed by atoms with Gasteiger partial charge in [-0.2, -0.15) is 0 Å². The van der Waals surface area contributed by atoms with E-state index in [4.69, 9.17) is 21.1 Å². The van der Waals surface area contributed by atoms with Crippen LogP contribution in [0.1, 0.15) is 18.6 Å². The first kappa shape index (κ1) is 20.1. The molecule has 2 aromatic rings. The average molecular weight is 395 g/mol. The van der Waals surface area contributed by atoms with Crippen molar-refractivity contribution >= 4 is 11.6 Å². The van der Waals surface area contributed by atoms with Crippen molar-refractivity contribution in [3.63, 3.8) is 0 Å². The van der Waals surface area contributed by atoms with E-state index in [1.165, 1.54) is 0 Å². The smallest absolute Gasteiger partial charge is 0.119 e. The van der Waals surface area contributed by atoms with E-state index in [2.05, 4.69) is 0 Å². The number of halogens is 1. The predicted octanol–water partition coefficient (Wildman–Crippen LogP) is 1.92. The molecule has 1 unspecified atom stereocenters. The summed E-state index contributed by atoms with van der Waals surface area (Å²) in [7, 11) is 0. The summed E-state index contributed by atoms with van der Waals surface area (Å²) in [6.07, 6.45) is -6.01. The zero-order valence-electron chi connectivity index (χ0n) is 14.8. The van der Waals surface area contributed by atoms with E-state index >= 15 is 0 Å². The second-order valence-corrected chi connectivity index (χ2v) is 6.85. The lowest BCUT2D eigenvalue weighted by Crippen LogP contribution is -2.55.